The molecular formula is C13H21N3O2S. The van der Waals surface area contributed by atoms with E-state index in [2.05, 4.69) is 5.32 Å². The molecule has 1 aliphatic carbocycles. The van der Waals surface area contributed by atoms with Crippen LogP contribution in [0.15, 0.2) is 17.0 Å². The molecule has 2 atom stereocenters. The van der Waals surface area contributed by atoms with Crippen LogP contribution in [-0.4, -0.2) is 20.5 Å². The van der Waals surface area contributed by atoms with E-state index in [0.29, 0.717) is 6.04 Å². The fraction of sp³-hybridized carbons (Fsp3) is 0.538. The Kier molecular flexibility index (Phi) is 3.85. The molecule has 5 nitrogen and oxygen atoms in total. The topological polar surface area (TPSA) is 98.2 Å². The van der Waals surface area contributed by atoms with Gasteiger partial charge in [0.15, 0.2) is 0 Å². The third kappa shape index (κ3) is 3.26. The van der Waals surface area contributed by atoms with E-state index in [0.717, 1.165) is 36.1 Å². The highest BCUT2D eigenvalue weighted by Crippen LogP contribution is 2.27. The van der Waals surface area contributed by atoms with Crippen LogP contribution in [0.2, 0.25) is 0 Å². The van der Waals surface area contributed by atoms with E-state index < -0.39 is 10.0 Å². The van der Waals surface area contributed by atoms with E-state index in [1.165, 1.54) is 0 Å². The van der Waals surface area contributed by atoms with Crippen LogP contribution >= 0.6 is 0 Å². The van der Waals surface area contributed by atoms with E-state index in [-0.39, 0.29) is 10.9 Å². The summed E-state index contributed by atoms with van der Waals surface area (Å²) in [5.41, 5.74) is 8.69. The largest absolute Gasteiger partial charge is 0.382 e. The van der Waals surface area contributed by atoms with Crippen molar-refractivity contribution in [1.82, 2.24) is 0 Å². The molecule has 5 N–H and O–H groups in total. The molecule has 19 heavy (non-hydrogen) atoms. The number of aryl methyl sites for hydroxylation is 1. The van der Waals surface area contributed by atoms with Crippen molar-refractivity contribution in [3.05, 3.63) is 23.3 Å². The first kappa shape index (κ1) is 14.3. The van der Waals surface area contributed by atoms with E-state index >= 15 is 0 Å². The molecule has 1 fully saturated rings. The number of sulfonamides is 1. The summed E-state index contributed by atoms with van der Waals surface area (Å²) in [5.74, 6) is 0. The highest BCUT2D eigenvalue weighted by molar-refractivity contribution is 7.89. The molecule has 1 aromatic rings. The van der Waals surface area contributed by atoms with Gasteiger partial charge in [-0.2, -0.15) is 0 Å². The van der Waals surface area contributed by atoms with Gasteiger partial charge in [-0.1, -0.05) is 0 Å². The molecule has 0 aromatic heterocycles. The first-order valence-corrected chi connectivity index (χ1v) is 7.98. The van der Waals surface area contributed by atoms with Crippen LogP contribution in [-0.2, 0) is 10.0 Å². The highest BCUT2D eigenvalue weighted by Gasteiger charge is 2.22. The molecule has 0 bridgehead atoms. The molecule has 0 saturated heterocycles. The van der Waals surface area contributed by atoms with E-state index in [1.54, 1.807) is 12.1 Å². The summed E-state index contributed by atoms with van der Waals surface area (Å²) in [6.45, 7) is 3.86. The normalized spacial score (nSPS) is 23.6. The van der Waals surface area contributed by atoms with Gasteiger partial charge in [0, 0.05) is 17.8 Å². The van der Waals surface area contributed by atoms with Crippen LogP contribution in [0.5, 0.6) is 0 Å². The van der Waals surface area contributed by atoms with Crippen LogP contribution in [0.25, 0.3) is 0 Å². The summed E-state index contributed by atoms with van der Waals surface area (Å²) in [6, 6.07) is 3.77. The molecule has 0 aliphatic heterocycles. The van der Waals surface area contributed by atoms with Gasteiger partial charge in [-0.25, -0.2) is 13.6 Å². The maximum absolute atomic E-state index is 11.5. The summed E-state index contributed by atoms with van der Waals surface area (Å²) in [6.07, 6.45) is 2.93. The number of benzene rings is 1. The van der Waals surface area contributed by atoms with E-state index in [4.69, 9.17) is 10.9 Å². The Morgan fingerprint density at radius 2 is 1.95 bits per heavy atom. The van der Waals surface area contributed by atoms with Crippen LogP contribution in [0.1, 0.15) is 30.4 Å². The van der Waals surface area contributed by atoms with Gasteiger partial charge in [0.05, 0.1) is 4.90 Å². The quantitative estimate of drug-likeness (QED) is 0.777. The zero-order valence-electron chi connectivity index (χ0n) is 11.3. The van der Waals surface area contributed by atoms with Gasteiger partial charge in [-0.3, -0.25) is 0 Å². The fourth-order valence-electron chi connectivity index (χ4n) is 2.51. The first-order valence-electron chi connectivity index (χ1n) is 6.43. The minimum absolute atomic E-state index is 0.153. The zero-order valence-corrected chi connectivity index (χ0v) is 12.1. The van der Waals surface area contributed by atoms with Crippen molar-refractivity contribution in [2.24, 2.45) is 10.9 Å². The minimum atomic E-state index is -3.67. The Morgan fingerprint density at radius 3 is 2.47 bits per heavy atom. The van der Waals surface area contributed by atoms with Crippen molar-refractivity contribution in [1.29, 1.82) is 0 Å². The average molecular weight is 283 g/mol. The SMILES string of the molecule is Cc1cc(S(N)(=O)=O)cc(NC2CCC(N)C2)c1C. The number of primary sulfonamides is 1. The van der Waals surface area contributed by atoms with Gasteiger partial charge in [0.25, 0.3) is 0 Å². The van der Waals surface area contributed by atoms with Crippen molar-refractivity contribution >= 4 is 15.7 Å². The Bertz CT molecular complexity index is 584. The Balaban J connectivity index is 2.31. The lowest BCUT2D eigenvalue weighted by Gasteiger charge is -2.18. The first-order chi connectivity index (χ1) is 8.77. The van der Waals surface area contributed by atoms with Crippen molar-refractivity contribution in [2.45, 2.75) is 50.1 Å². The average Bonchev–Trinajstić information content (AvgIpc) is 2.69. The molecule has 6 heteroatoms. The highest BCUT2D eigenvalue weighted by atomic mass is 32.2. The van der Waals surface area contributed by atoms with Gasteiger partial charge >= 0.3 is 0 Å². The number of nitrogens with one attached hydrogen (secondary N) is 1. The second-order valence-corrected chi connectivity index (χ2v) is 6.93. The van der Waals surface area contributed by atoms with E-state index in [1.807, 2.05) is 13.8 Å². The van der Waals surface area contributed by atoms with Gasteiger partial charge in [-0.15, -0.1) is 0 Å². The molecule has 1 aliphatic rings. The zero-order chi connectivity index (χ0) is 14.2. The number of nitrogens with two attached hydrogens (primary N) is 2. The van der Waals surface area contributed by atoms with Gasteiger partial charge in [0.1, 0.15) is 0 Å². The number of hydrogen-bond donors (Lipinski definition) is 3. The van der Waals surface area contributed by atoms with E-state index in [9.17, 15) is 8.42 Å². The van der Waals surface area contributed by atoms with Crippen LogP contribution in [0.3, 0.4) is 0 Å². The number of anilines is 1. The monoisotopic (exact) mass is 283 g/mol. The molecule has 2 rings (SSSR count). The Morgan fingerprint density at radius 1 is 1.26 bits per heavy atom. The molecule has 0 heterocycles. The molecule has 1 aromatic carbocycles. The van der Waals surface area contributed by atoms with Crippen molar-refractivity contribution in [3.8, 4) is 0 Å². The second kappa shape index (κ2) is 5.11. The molecule has 0 amide bonds. The summed E-state index contributed by atoms with van der Waals surface area (Å²) < 4.78 is 22.9. The van der Waals surface area contributed by atoms with Gasteiger partial charge in [0.2, 0.25) is 10.0 Å². The lowest BCUT2D eigenvalue weighted by atomic mass is 10.1. The number of hydrogen-bond acceptors (Lipinski definition) is 4. The second-order valence-electron chi connectivity index (χ2n) is 5.37. The summed E-state index contributed by atoms with van der Waals surface area (Å²) in [7, 11) is -3.67. The summed E-state index contributed by atoms with van der Waals surface area (Å²) in [4.78, 5) is 0.153. The van der Waals surface area contributed by atoms with Crippen LogP contribution < -0.4 is 16.2 Å². The fourth-order valence-corrected chi connectivity index (χ4v) is 3.13. The van der Waals surface area contributed by atoms with Crippen molar-refractivity contribution in [2.75, 3.05) is 5.32 Å². The smallest absolute Gasteiger partial charge is 0.238 e. The molecule has 106 valence electrons. The third-order valence-corrected chi connectivity index (χ3v) is 4.69. The summed E-state index contributed by atoms with van der Waals surface area (Å²) in [5, 5.41) is 8.59. The summed E-state index contributed by atoms with van der Waals surface area (Å²) >= 11 is 0. The lowest BCUT2D eigenvalue weighted by molar-refractivity contribution is 0.597. The number of rotatable bonds is 3. The Hall–Kier alpha value is -1.11. The van der Waals surface area contributed by atoms with Crippen LogP contribution in [0, 0.1) is 13.8 Å². The third-order valence-electron chi connectivity index (χ3n) is 3.80. The van der Waals surface area contributed by atoms with Crippen molar-refractivity contribution in [3.63, 3.8) is 0 Å². The van der Waals surface area contributed by atoms with Gasteiger partial charge < -0.3 is 11.1 Å². The molecular weight excluding hydrogens is 262 g/mol. The lowest BCUT2D eigenvalue weighted by Crippen LogP contribution is -2.21. The molecule has 0 radical (unpaired) electrons. The predicted molar refractivity (Wildman–Crippen MR) is 76.5 cm³/mol. The predicted octanol–water partition coefficient (Wildman–Crippen LogP) is 1.24. The van der Waals surface area contributed by atoms with Gasteiger partial charge in [-0.05, 0) is 56.4 Å². The standard InChI is InChI=1S/C13H21N3O2S/c1-8-5-12(19(15,17)18)7-13(9(8)2)16-11-4-3-10(14)6-11/h5,7,10-11,16H,3-4,6,14H2,1-2H3,(H2,15,17,18). The van der Waals surface area contributed by atoms with Crippen molar-refractivity contribution < 1.29 is 8.42 Å². The maximum Gasteiger partial charge on any atom is 0.238 e. The molecule has 2 unspecified atom stereocenters. The molecule has 1 saturated carbocycles. The van der Waals surface area contributed by atoms with Crippen LogP contribution in [0.4, 0.5) is 5.69 Å². The minimum Gasteiger partial charge on any atom is -0.382 e. The maximum atomic E-state index is 11.5. The Labute approximate surface area is 114 Å². The molecule has 0 spiro atoms.